The van der Waals surface area contributed by atoms with Crippen molar-refractivity contribution in [1.82, 2.24) is 14.9 Å². The van der Waals surface area contributed by atoms with Crippen molar-refractivity contribution in [1.29, 1.82) is 0 Å². The highest BCUT2D eigenvalue weighted by Crippen LogP contribution is 2.35. The largest absolute Gasteiger partial charge is 0.486 e. The fraction of sp³-hybridized carbons (Fsp3) is 0.292. The zero-order chi connectivity index (χ0) is 24.1. The third-order valence-electron chi connectivity index (χ3n) is 5.10. The maximum Gasteiger partial charge on any atom is 0.248 e. The number of hydrogen-bond donors (Lipinski definition) is 2. The van der Waals surface area contributed by atoms with Crippen LogP contribution < -0.4 is 15.4 Å². The van der Waals surface area contributed by atoms with Gasteiger partial charge in [0.05, 0.1) is 34.5 Å². The summed E-state index contributed by atoms with van der Waals surface area (Å²) in [5.74, 6) is 0.818. The number of carbonyl (C=O) groups is 1. The molecule has 1 aliphatic rings. The molecule has 0 aliphatic carbocycles. The van der Waals surface area contributed by atoms with Gasteiger partial charge in [0, 0.05) is 36.2 Å². The summed E-state index contributed by atoms with van der Waals surface area (Å²) in [5, 5.41) is 7.77. The molecule has 34 heavy (non-hydrogen) atoms. The standard InChI is InChI=1S/C24H25Cl2N5O3/c1-31(2)8-3-4-23(32)30-21-11-17-20(12-22(21)34-16-7-9-33-13-16)27-14-28-24(17)29-15-5-6-18(25)19(26)10-15/h3-6,10-12,14,16H,7-9,13H2,1-2H3,(H,30,32)(H,27,28,29)/b4-3+/t16-/m0/s1. The van der Waals surface area contributed by atoms with E-state index in [1.54, 1.807) is 36.4 Å². The number of anilines is 3. The SMILES string of the molecule is CN(C)C/C=C/C(=O)Nc1cc2c(Nc3ccc(Cl)c(Cl)c3)ncnc2cc1O[C@H]1CCOC1. The second-order valence-corrected chi connectivity index (χ2v) is 8.91. The Morgan fingerprint density at radius 3 is 2.82 bits per heavy atom. The average molecular weight is 502 g/mol. The molecule has 2 heterocycles. The Bertz CT molecular complexity index is 1210. The molecule has 0 saturated carbocycles. The molecule has 1 aliphatic heterocycles. The van der Waals surface area contributed by atoms with Gasteiger partial charge in [0.1, 0.15) is 24.0 Å². The smallest absolute Gasteiger partial charge is 0.248 e. The number of rotatable bonds is 8. The van der Waals surface area contributed by atoms with Crippen molar-refractivity contribution in [2.75, 3.05) is 44.5 Å². The molecule has 4 rings (SSSR count). The van der Waals surface area contributed by atoms with E-state index in [0.29, 0.717) is 58.0 Å². The highest BCUT2D eigenvalue weighted by molar-refractivity contribution is 6.42. The van der Waals surface area contributed by atoms with Crippen LogP contribution in [0.1, 0.15) is 6.42 Å². The van der Waals surface area contributed by atoms with E-state index in [1.165, 1.54) is 12.4 Å². The lowest BCUT2D eigenvalue weighted by atomic mass is 10.1. The van der Waals surface area contributed by atoms with E-state index in [9.17, 15) is 4.79 Å². The summed E-state index contributed by atoms with van der Waals surface area (Å²) in [6.45, 7) is 1.80. The fourth-order valence-electron chi connectivity index (χ4n) is 3.42. The molecule has 0 radical (unpaired) electrons. The van der Waals surface area contributed by atoms with Crippen LogP contribution in [0.15, 0.2) is 48.8 Å². The number of nitrogens with zero attached hydrogens (tertiary/aromatic N) is 3. The Morgan fingerprint density at radius 1 is 1.24 bits per heavy atom. The van der Waals surface area contributed by atoms with Gasteiger partial charge in [-0.2, -0.15) is 0 Å². The van der Waals surface area contributed by atoms with Crippen LogP contribution in [-0.2, 0) is 9.53 Å². The summed E-state index contributed by atoms with van der Waals surface area (Å²) in [6, 6.07) is 8.83. The number of aromatic nitrogens is 2. The molecule has 1 atom stereocenters. The van der Waals surface area contributed by atoms with Gasteiger partial charge in [-0.15, -0.1) is 0 Å². The molecule has 8 nitrogen and oxygen atoms in total. The monoisotopic (exact) mass is 501 g/mol. The van der Waals surface area contributed by atoms with Crippen LogP contribution in [0.4, 0.5) is 17.2 Å². The first-order valence-electron chi connectivity index (χ1n) is 10.8. The number of ether oxygens (including phenoxy) is 2. The number of amides is 1. The van der Waals surface area contributed by atoms with Gasteiger partial charge in [-0.05, 0) is 38.4 Å². The summed E-state index contributed by atoms with van der Waals surface area (Å²) in [6.07, 6.45) is 5.45. The van der Waals surface area contributed by atoms with Gasteiger partial charge in [0.2, 0.25) is 5.91 Å². The van der Waals surface area contributed by atoms with Crippen molar-refractivity contribution in [2.24, 2.45) is 0 Å². The molecular formula is C24H25Cl2N5O3. The summed E-state index contributed by atoms with van der Waals surface area (Å²) in [5.41, 5.74) is 1.90. The minimum absolute atomic E-state index is 0.0898. The second kappa shape index (κ2) is 11.0. The Morgan fingerprint density at radius 2 is 2.09 bits per heavy atom. The predicted octanol–water partition coefficient (Wildman–Crippen LogP) is 4.90. The van der Waals surface area contributed by atoms with Crippen LogP contribution in [0.2, 0.25) is 10.0 Å². The van der Waals surface area contributed by atoms with Gasteiger partial charge in [0.15, 0.2) is 0 Å². The predicted molar refractivity (Wildman–Crippen MR) is 135 cm³/mol. The number of likely N-dealkylation sites (N-methyl/N-ethyl adjacent to an activating group) is 1. The summed E-state index contributed by atoms with van der Waals surface area (Å²) < 4.78 is 11.6. The number of benzene rings is 2. The van der Waals surface area contributed by atoms with Crippen LogP contribution in [0.5, 0.6) is 5.75 Å². The molecule has 2 aromatic carbocycles. The first kappa shape index (κ1) is 24.2. The second-order valence-electron chi connectivity index (χ2n) is 8.10. The molecule has 1 amide bonds. The van der Waals surface area contributed by atoms with Crippen LogP contribution in [0.3, 0.4) is 0 Å². The number of halogens is 2. The third kappa shape index (κ3) is 6.15. The van der Waals surface area contributed by atoms with E-state index < -0.39 is 0 Å². The minimum atomic E-state index is -0.260. The van der Waals surface area contributed by atoms with Gasteiger partial charge in [0.25, 0.3) is 0 Å². The van der Waals surface area contributed by atoms with Gasteiger partial charge in [-0.3, -0.25) is 4.79 Å². The molecule has 0 spiro atoms. The number of carbonyl (C=O) groups excluding carboxylic acids is 1. The maximum absolute atomic E-state index is 12.6. The number of hydrogen-bond acceptors (Lipinski definition) is 7. The molecule has 0 bridgehead atoms. The molecule has 3 aromatic rings. The van der Waals surface area contributed by atoms with E-state index in [-0.39, 0.29) is 12.0 Å². The molecular weight excluding hydrogens is 477 g/mol. The molecule has 10 heteroatoms. The van der Waals surface area contributed by atoms with Crippen molar-refractivity contribution in [3.63, 3.8) is 0 Å². The van der Waals surface area contributed by atoms with Gasteiger partial charge >= 0.3 is 0 Å². The fourth-order valence-corrected chi connectivity index (χ4v) is 3.72. The summed E-state index contributed by atoms with van der Waals surface area (Å²) in [4.78, 5) is 23.3. The number of nitrogens with one attached hydrogen (secondary N) is 2. The maximum atomic E-state index is 12.6. The normalized spacial score (nSPS) is 15.9. The molecule has 1 fully saturated rings. The van der Waals surface area contributed by atoms with Gasteiger partial charge in [-0.1, -0.05) is 29.3 Å². The zero-order valence-electron chi connectivity index (χ0n) is 18.8. The first-order chi connectivity index (χ1) is 16.4. The van der Waals surface area contributed by atoms with Crippen molar-refractivity contribution in [2.45, 2.75) is 12.5 Å². The molecule has 2 N–H and O–H groups in total. The lowest BCUT2D eigenvalue weighted by Gasteiger charge is -2.17. The average Bonchev–Trinajstić information content (AvgIpc) is 3.30. The summed E-state index contributed by atoms with van der Waals surface area (Å²) >= 11 is 12.2. The van der Waals surface area contributed by atoms with Crippen molar-refractivity contribution < 1.29 is 14.3 Å². The minimum Gasteiger partial charge on any atom is -0.486 e. The molecule has 178 valence electrons. The molecule has 1 saturated heterocycles. The van der Waals surface area contributed by atoms with Gasteiger partial charge in [-0.25, -0.2) is 9.97 Å². The van der Waals surface area contributed by atoms with E-state index in [1.807, 2.05) is 19.0 Å². The highest BCUT2D eigenvalue weighted by Gasteiger charge is 2.20. The van der Waals surface area contributed by atoms with Crippen molar-refractivity contribution in [3.05, 3.63) is 58.9 Å². The van der Waals surface area contributed by atoms with Crippen LogP contribution in [-0.4, -0.2) is 60.7 Å². The van der Waals surface area contributed by atoms with Gasteiger partial charge < -0.3 is 25.0 Å². The number of fused-ring (bicyclic) bond motifs is 1. The van der Waals surface area contributed by atoms with Crippen molar-refractivity contribution >= 4 is 57.2 Å². The lowest BCUT2D eigenvalue weighted by molar-refractivity contribution is -0.111. The Hall–Kier alpha value is -2.91. The molecule has 0 unspecified atom stereocenters. The van der Waals surface area contributed by atoms with Crippen LogP contribution >= 0.6 is 23.2 Å². The highest BCUT2D eigenvalue weighted by atomic mass is 35.5. The Labute approximate surface area is 207 Å². The first-order valence-corrected chi connectivity index (χ1v) is 11.5. The van der Waals surface area contributed by atoms with E-state index >= 15 is 0 Å². The summed E-state index contributed by atoms with van der Waals surface area (Å²) in [7, 11) is 3.87. The topological polar surface area (TPSA) is 88.6 Å². The third-order valence-corrected chi connectivity index (χ3v) is 5.84. The zero-order valence-corrected chi connectivity index (χ0v) is 20.4. The van der Waals surface area contributed by atoms with E-state index in [2.05, 4.69) is 20.6 Å². The van der Waals surface area contributed by atoms with Crippen LogP contribution in [0, 0.1) is 0 Å². The van der Waals surface area contributed by atoms with E-state index in [0.717, 1.165) is 12.1 Å². The Kier molecular flexibility index (Phi) is 7.84. The quantitative estimate of drug-likeness (QED) is 0.424. The van der Waals surface area contributed by atoms with E-state index in [4.69, 9.17) is 32.7 Å². The van der Waals surface area contributed by atoms with Crippen molar-refractivity contribution in [3.8, 4) is 5.75 Å². The Balaban J connectivity index is 1.68. The molecule has 1 aromatic heterocycles. The van der Waals surface area contributed by atoms with Crippen LogP contribution in [0.25, 0.3) is 10.9 Å². The lowest BCUT2D eigenvalue weighted by Crippen LogP contribution is -2.18.